The van der Waals surface area contributed by atoms with Crippen LogP contribution in [-0.2, 0) is 9.59 Å². The van der Waals surface area contributed by atoms with Crippen LogP contribution in [0.2, 0.25) is 0 Å². The molecular formula is C9H18O4. The first kappa shape index (κ1) is 14.6. The van der Waals surface area contributed by atoms with E-state index in [1.54, 1.807) is 0 Å². The van der Waals surface area contributed by atoms with Crippen LogP contribution in [0.4, 0.5) is 0 Å². The zero-order valence-corrected chi connectivity index (χ0v) is 8.41. The fourth-order valence-corrected chi connectivity index (χ4v) is 0.409. The van der Waals surface area contributed by atoms with Crippen LogP contribution in [-0.4, -0.2) is 28.6 Å². The van der Waals surface area contributed by atoms with Crippen molar-refractivity contribution in [2.24, 2.45) is 5.92 Å². The summed E-state index contributed by atoms with van der Waals surface area (Å²) in [6.07, 6.45) is 1.01. The van der Waals surface area contributed by atoms with Crippen LogP contribution < -0.4 is 0 Å². The Bertz CT molecular complexity index is 152. The molecule has 78 valence electrons. The second-order valence-corrected chi connectivity index (χ2v) is 2.99. The molecule has 0 saturated carbocycles. The van der Waals surface area contributed by atoms with Gasteiger partial charge in [-0.1, -0.05) is 20.8 Å². The Hall–Kier alpha value is -0.900. The first-order valence-electron chi connectivity index (χ1n) is 4.32. The normalized spacial score (nSPS) is 9.00. The van der Waals surface area contributed by atoms with Crippen LogP contribution in [0.15, 0.2) is 0 Å². The van der Waals surface area contributed by atoms with Gasteiger partial charge >= 0.3 is 5.97 Å². The number of aliphatic hydroxyl groups is 1. The second kappa shape index (κ2) is 9.19. The third-order valence-corrected chi connectivity index (χ3v) is 1.27. The SMILES string of the molecule is CC(C)CCO.CCC(=O)C(=O)O. The maximum Gasteiger partial charge on any atom is 0.372 e. The van der Waals surface area contributed by atoms with Gasteiger partial charge in [0.25, 0.3) is 0 Å². The van der Waals surface area contributed by atoms with Crippen molar-refractivity contribution < 1.29 is 19.8 Å². The molecule has 0 atom stereocenters. The molecule has 0 aliphatic rings. The van der Waals surface area contributed by atoms with Crippen molar-refractivity contribution in [2.45, 2.75) is 33.6 Å². The average Bonchev–Trinajstić information content (AvgIpc) is 2.03. The molecule has 0 unspecified atom stereocenters. The Morgan fingerprint density at radius 3 is 1.77 bits per heavy atom. The summed E-state index contributed by atoms with van der Waals surface area (Å²) in [6.45, 7) is 6.03. The highest BCUT2D eigenvalue weighted by Crippen LogP contribution is 1.94. The number of rotatable bonds is 4. The van der Waals surface area contributed by atoms with E-state index in [0.29, 0.717) is 12.5 Å². The van der Waals surface area contributed by atoms with Gasteiger partial charge in [0.2, 0.25) is 5.78 Å². The average molecular weight is 190 g/mol. The van der Waals surface area contributed by atoms with Crippen molar-refractivity contribution in [2.75, 3.05) is 6.61 Å². The molecule has 0 fully saturated rings. The quantitative estimate of drug-likeness (QED) is 0.650. The van der Waals surface area contributed by atoms with Crippen LogP contribution in [0, 0.1) is 5.92 Å². The minimum atomic E-state index is -1.34. The van der Waals surface area contributed by atoms with Crippen molar-refractivity contribution in [1.29, 1.82) is 0 Å². The van der Waals surface area contributed by atoms with E-state index < -0.39 is 11.8 Å². The second-order valence-electron chi connectivity index (χ2n) is 2.99. The molecule has 13 heavy (non-hydrogen) atoms. The van der Waals surface area contributed by atoms with Gasteiger partial charge in [0.15, 0.2) is 0 Å². The molecule has 0 saturated heterocycles. The van der Waals surface area contributed by atoms with Crippen LogP contribution in [0.1, 0.15) is 33.6 Å². The largest absolute Gasteiger partial charge is 0.476 e. The summed E-state index contributed by atoms with van der Waals surface area (Å²) in [4.78, 5) is 19.5. The predicted octanol–water partition coefficient (Wildman–Crippen LogP) is 1.07. The third kappa shape index (κ3) is 14.0. The van der Waals surface area contributed by atoms with E-state index in [4.69, 9.17) is 10.2 Å². The fraction of sp³-hybridized carbons (Fsp3) is 0.778. The Labute approximate surface area is 78.6 Å². The van der Waals surface area contributed by atoms with Crippen molar-refractivity contribution in [3.8, 4) is 0 Å². The number of carbonyl (C=O) groups is 2. The predicted molar refractivity (Wildman–Crippen MR) is 49.5 cm³/mol. The molecule has 0 spiro atoms. The molecule has 0 aromatic rings. The summed E-state index contributed by atoms with van der Waals surface area (Å²) in [5, 5.41) is 16.1. The first-order chi connectivity index (χ1) is 5.95. The van der Waals surface area contributed by atoms with Gasteiger partial charge in [0, 0.05) is 13.0 Å². The van der Waals surface area contributed by atoms with Crippen molar-refractivity contribution in [1.82, 2.24) is 0 Å². The Kier molecular flexibility index (Phi) is 10.3. The van der Waals surface area contributed by atoms with Gasteiger partial charge in [-0.3, -0.25) is 4.79 Å². The summed E-state index contributed by atoms with van der Waals surface area (Å²) >= 11 is 0. The third-order valence-electron chi connectivity index (χ3n) is 1.27. The van der Waals surface area contributed by atoms with Gasteiger partial charge in [-0.05, 0) is 12.3 Å². The van der Waals surface area contributed by atoms with Gasteiger partial charge in [-0.2, -0.15) is 0 Å². The number of Topliss-reactive ketones (excluding diaryl/α,β-unsaturated/α-hetero) is 1. The number of carboxylic acids is 1. The van der Waals surface area contributed by atoms with E-state index in [0.717, 1.165) is 6.42 Å². The minimum Gasteiger partial charge on any atom is -0.476 e. The zero-order valence-electron chi connectivity index (χ0n) is 8.41. The molecule has 4 heteroatoms. The van der Waals surface area contributed by atoms with Gasteiger partial charge in [-0.15, -0.1) is 0 Å². The van der Waals surface area contributed by atoms with E-state index in [1.807, 2.05) is 0 Å². The fourth-order valence-electron chi connectivity index (χ4n) is 0.409. The standard InChI is InChI=1S/C5H12O.C4H6O3/c1-5(2)3-4-6;1-2-3(5)4(6)7/h5-6H,3-4H2,1-2H3;2H2,1H3,(H,6,7). The Balaban J connectivity index is 0. The summed E-state index contributed by atoms with van der Waals surface area (Å²) in [7, 11) is 0. The number of hydrogen-bond acceptors (Lipinski definition) is 3. The lowest BCUT2D eigenvalue weighted by atomic mass is 10.2. The number of carbonyl (C=O) groups excluding carboxylic acids is 1. The molecule has 0 bridgehead atoms. The highest BCUT2D eigenvalue weighted by atomic mass is 16.4. The molecule has 2 N–H and O–H groups in total. The number of ketones is 1. The molecule has 4 nitrogen and oxygen atoms in total. The van der Waals surface area contributed by atoms with E-state index in [9.17, 15) is 9.59 Å². The molecule has 0 amide bonds. The molecular weight excluding hydrogens is 172 g/mol. The summed E-state index contributed by atoms with van der Waals surface area (Å²) < 4.78 is 0. The molecule has 0 aromatic heterocycles. The summed E-state index contributed by atoms with van der Waals surface area (Å²) in [5.74, 6) is -1.43. The van der Waals surface area contributed by atoms with Gasteiger partial charge in [0.1, 0.15) is 0 Å². The Morgan fingerprint density at radius 2 is 1.77 bits per heavy atom. The van der Waals surface area contributed by atoms with Crippen LogP contribution in [0.25, 0.3) is 0 Å². The minimum absolute atomic E-state index is 0.0787. The van der Waals surface area contributed by atoms with Crippen molar-refractivity contribution >= 4 is 11.8 Å². The molecule has 0 radical (unpaired) electrons. The lowest BCUT2D eigenvalue weighted by molar-refractivity contribution is -0.148. The number of carboxylic acid groups (broad SMARTS) is 1. The Morgan fingerprint density at radius 1 is 1.31 bits per heavy atom. The van der Waals surface area contributed by atoms with Gasteiger partial charge < -0.3 is 10.2 Å². The van der Waals surface area contributed by atoms with Gasteiger partial charge in [0.05, 0.1) is 0 Å². The van der Waals surface area contributed by atoms with Crippen molar-refractivity contribution in [3.63, 3.8) is 0 Å². The summed E-state index contributed by atoms with van der Waals surface area (Å²) in [6, 6.07) is 0. The maximum atomic E-state index is 9.91. The number of aliphatic hydroxyl groups excluding tert-OH is 1. The van der Waals surface area contributed by atoms with E-state index >= 15 is 0 Å². The highest BCUT2D eigenvalue weighted by molar-refractivity contribution is 6.32. The van der Waals surface area contributed by atoms with Crippen molar-refractivity contribution in [3.05, 3.63) is 0 Å². The molecule has 0 aromatic carbocycles. The monoisotopic (exact) mass is 190 g/mol. The van der Waals surface area contributed by atoms with Crippen LogP contribution in [0.3, 0.4) is 0 Å². The van der Waals surface area contributed by atoms with E-state index in [-0.39, 0.29) is 6.42 Å². The van der Waals surface area contributed by atoms with E-state index in [2.05, 4.69) is 13.8 Å². The topological polar surface area (TPSA) is 74.6 Å². The highest BCUT2D eigenvalue weighted by Gasteiger charge is 2.05. The smallest absolute Gasteiger partial charge is 0.372 e. The van der Waals surface area contributed by atoms with Crippen LogP contribution in [0.5, 0.6) is 0 Å². The molecule has 0 aliphatic heterocycles. The summed E-state index contributed by atoms with van der Waals surface area (Å²) in [5.41, 5.74) is 0. The first-order valence-corrected chi connectivity index (χ1v) is 4.32. The molecule has 0 aliphatic carbocycles. The zero-order chi connectivity index (χ0) is 10.9. The lowest BCUT2D eigenvalue weighted by Gasteiger charge is -1.95. The maximum absolute atomic E-state index is 9.91. The molecule has 0 rings (SSSR count). The van der Waals surface area contributed by atoms with Crippen LogP contribution >= 0.6 is 0 Å². The number of hydrogen-bond donors (Lipinski definition) is 2. The van der Waals surface area contributed by atoms with Gasteiger partial charge in [-0.25, -0.2) is 4.79 Å². The lowest BCUT2D eigenvalue weighted by Crippen LogP contribution is -2.09. The molecule has 0 heterocycles. The van der Waals surface area contributed by atoms with E-state index in [1.165, 1.54) is 6.92 Å². The number of aliphatic carboxylic acids is 1.